The van der Waals surface area contributed by atoms with E-state index in [9.17, 15) is 0 Å². The van der Waals surface area contributed by atoms with Gasteiger partial charge >= 0.3 is 39.9 Å². The molecular weight excluding hydrogens is 286 g/mol. The van der Waals surface area contributed by atoms with Gasteiger partial charge < -0.3 is 14.9 Å². The third-order valence-electron chi connectivity index (χ3n) is 0. The van der Waals surface area contributed by atoms with Crippen LogP contribution in [0.5, 0.6) is 0 Å². The largest absolute Gasteiger partial charge is 2.00 e. The van der Waals surface area contributed by atoms with Crippen molar-refractivity contribution in [3.05, 3.63) is 0 Å². The summed E-state index contributed by atoms with van der Waals surface area (Å²) < 4.78 is 0. The summed E-state index contributed by atoms with van der Waals surface area (Å²) in [6.07, 6.45) is 0. The van der Waals surface area contributed by atoms with E-state index in [4.69, 9.17) is 0 Å². The number of rotatable bonds is 0. The van der Waals surface area contributed by atoms with Crippen molar-refractivity contribution >= 4 is 0 Å². The minimum atomic E-state index is 0. The molecule has 0 aromatic heterocycles. The maximum Gasteiger partial charge on any atom is 2.00 e. The van der Waals surface area contributed by atoms with E-state index in [1.807, 2.05) is 0 Å². The smallest absolute Gasteiger partial charge is 1.00 e. The second-order valence-corrected chi connectivity index (χ2v) is 0. The number of halogens is 2. The number of hydrogen-bond donors (Lipinski definition) is 0. The van der Waals surface area contributed by atoms with Gasteiger partial charge in [-0.2, -0.15) is 0 Å². The van der Waals surface area contributed by atoms with E-state index in [1.54, 1.807) is 0 Å². The molecule has 0 spiro atoms. The van der Waals surface area contributed by atoms with Gasteiger partial charge in [0.25, 0.3) is 0 Å². The van der Waals surface area contributed by atoms with Crippen molar-refractivity contribution in [2.75, 3.05) is 0 Å². The van der Waals surface area contributed by atoms with Gasteiger partial charge in [0.2, 0.25) is 0 Å². The Kier molecular flexibility index (Phi) is 527. The topological polar surface area (TPSA) is 31.5 Å². The minimum absolute atomic E-state index is 0. The maximum absolute atomic E-state index is 0. The van der Waals surface area contributed by atoms with Crippen molar-refractivity contribution in [3.8, 4) is 0 Å². The molecule has 0 saturated heterocycles. The molecule has 4 heavy (non-hydrogen) atoms. The van der Waals surface area contributed by atoms with E-state index in [-0.39, 0.29) is 54.8 Å². The summed E-state index contributed by atoms with van der Waals surface area (Å²) in [6.45, 7) is 0. The van der Waals surface area contributed by atoms with E-state index in [0.717, 1.165) is 0 Å². The third kappa shape index (κ3) is 11.0. The molecule has 0 saturated carbocycles. The van der Waals surface area contributed by atoms with Gasteiger partial charge in [-0.1, -0.05) is 0 Å². The Bertz CT molecular complexity index is 6.00. The first kappa shape index (κ1) is 67.4. The molecule has 0 aliphatic carbocycles. The molecule has 0 unspecified atom stereocenters. The van der Waals surface area contributed by atoms with Gasteiger partial charge in [0.1, 0.15) is 0 Å². The van der Waals surface area contributed by atoms with Crippen molar-refractivity contribution < 1.29 is 54.8 Å². The SMILES string of the molecule is O.[F-].[F-].[Th+2]. The van der Waals surface area contributed by atoms with Crippen molar-refractivity contribution in [3.63, 3.8) is 0 Å². The molecule has 0 radical (unpaired) electrons. The van der Waals surface area contributed by atoms with E-state index in [0.29, 0.717) is 0 Å². The first-order valence-electron chi connectivity index (χ1n) is 0. The molecule has 0 aliphatic rings. The third-order valence-corrected chi connectivity index (χ3v) is 0. The normalized spacial score (nSPS) is 0. The molecular formula is H2F2OTh. The Hall–Kier alpha value is 1.14. The fourth-order valence-corrected chi connectivity index (χ4v) is 0. The van der Waals surface area contributed by atoms with Crippen LogP contribution in [-0.4, -0.2) is 5.48 Å². The summed E-state index contributed by atoms with van der Waals surface area (Å²) in [4.78, 5) is 0. The summed E-state index contributed by atoms with van der Waals surface area (Å²) in [6, 6.07) is 0. The predicted octanol–water partition coefficient (Wildman–Crippen LogP) is -6.82. The van der Waals surface area contributed by atoms with Crippen LogP contribution in [0, 0.1) is 39.9 Å². The maximum atomic E-state index is 0. The van der Waals surface area contributed by atoms with Gasteiger partial charge in [0.05, 0.1) is 0 Å². The Labute approximate surface area is 54.5 Å². The Morgan fingerprint density at radius 1 is 0.750 bits per heavy atom. The fourth-order valence-electron chi connectivity index (χ4n) is 0. The molecule has 26 valence electrons. The zero-order chi connectivity index (χ0) is 0. The quantitative estimate of drug-likeness (QED) is 0.424. The van der Waals surface area contributed by atoms with E-state index < -0.39 is 0 Å². The molecule has 0 aromatic carbocycles. The molecule has 0 fully saturated rings. The molecule has 0 aliphatic heterocycles. The van der Waals surface area contributed by atoms with Gasteiger partial charge in [0.15, 0.2) is 0 Å². The summed E-state index contributed by atoms with van der Waals surface area (Å²) in [7, 11) is 0. The van der Waals surface area contributed by atoms with Crippen LogP contribution in [0.2, 0.25) is 0 Å². The van der Waals surface area contributed by atoms with Crippen LogP contribution in [0.25, 0.3) is 0 Å². The van der Waals surface area contributed by atoms with Gasteiger partial charge in [-0.25, -0.2) is 0 Å². The van der Waals surface area contributed by atoms with Gasteiger partial charge in [-0.15, -0.1) is 0 Å². The predicted molar refractivity (Wildman–Crippen MR) is 3.61 cm³/mol. The molecule has 0 aromatic rings. The molecule has 0 atom stereocenters. The Balaban J connectivity index is 0. The van der Waals surface area contributed by atoms with E-state index in [1.165, 1.54) is 0 Å². The fraction of sp³-hybridized carbons (Fsp3) is 0. The van der Waals surface area contributed by atoms with Crippen LogP contribution < -0.4 is 9.41 Å². The van der Waals surface area contributed by atoms with Crippen molar-refractivity contribution in [1.29, 1.82) is 0 Å². The zero-order valence-electron chi connectivity index (χ0n) is 1.76. The standard InChI is InChI=1S/2FH.H2O.Th/h2*1H;1H2;/q;;;+2/p-2. The average Bonchev–Trinajstić information content (AvgIpc) is 0. The van der Waals surface area contributed by atoms with Crippen LogP contribution in [0.15, 0.2) is 0 Å². The molecule has 0 bridgehead atoms. The summed E-state index contributed by atoms with van der Waals surface area (Å²) in [5, 5.41) is 0. The second-order valence-electron chi connectivity index (χ2n) is 0. The van der Waals surface area contributed by atoms with Gasteiger partial charge in [0, 0.05) is 0 Å². The van der Waals surface area contributed by atoms with Crippen molar-refractivity contribution in [2.45, 2.75) is 0 Å². The molecule has 4 heteroatoms. The molecule has 0 heterocycles. The Morgan fingerprint density at radius 3 is 0.750 bits per heavy atom. The molecule has 0 amide bonds. The summed E-state index contributed by atoms with van der Waals surface area (Å²) >= 11 is 0. The molecule has 1 nitrogen and oxygen atoms in total. The zero-order valence-corrected chi connectivity index (χ0v) is 5.87. The van der Waals surface area contributed by atoms with E-state index in [2.05, 4.69) is 0 Å². The summed E-state index contributed by atoms with van der Waals surface area (Å²) in [5.74, 6) is 0. The first-order valence-corrected chi connectivity index (χ1v) is 0. The van der Waals surface area contributed by atoms with E-state index >= 15 is 0 Å². The molecule has 0 rings (SSSR count). The van der Waals surface area contributed by atoms with Crippen LogP contribution in [0.1, 0.15) is 0 Å². The molecule has 2 N–H and O–H groups in total. The van der Waals surface area contributed by atoms with Gasteiger partial charge in [-0.3, -0.25) is 0 Å². The van der Waals surface area contributed by atoms with Crippen molar-refractivity contribution in [1.82, 2.24) is 0 Å². The first-order chi connectivity index (χ1) is 0. The van der Waals surface area contributed by atoms with Crippen LogP contribution >= 0.6 is 0 Å². The second kappa shape index (κ2) is 31.3. The van der Waals surface area contributed by atoms with Gasteiger partial charge in [-0.05, 0) is 0 Å². The van der Waals surface area contributed by atoms with Crippen LogP contribution in [0.3, 0.4) is 0 Å². The Morgan fingerprint density at radius 2 is 0.750 bits per heavy atom. The minimum Gasteiger partial charge on any atom is -1.00 e. The number of hydrogen-bond acceptors (Lipinski definition) is 0. The summed E-state index contributed by atoms with van der Waals surface area (Å²) in [5.41, 5.74) is 0. The van der Waals surface area contributed by atoms with Crippen LogP contribution in [-0.2, 0) is 0 Å². The van der Waals surface area contributed by atoms with Crippen LogP contribution in [0.4, 0.5) is 0 Å². The average molecular weight is 288 g/mol. The monoisotopic (exact) mass is 288 g/mol. The van der Waals surface area contributed by atoms with Crippen molar-refractivity contribution in [2.24, 2.45) is 0 Å².